The van der Waals surface area contributed by atoms with Gasteiger partial charge in [-0.3, -0.25) is 14.4 Å². The van der Waals surface area contributed by atoms with Crippen LogP contribution in [-0.4, -0.2) is 64.0 Å². The number of hydrogen-bond acceptors (Lipinski definition) is 5. The van der Waals surface area contributed by atoms with Crippen LogP contribution in [0, 0.1) is 5.92 Å². The molecule has 122 valence electrons. The molecule has 7 nitrogen and oxygen atoms in total. The lowest BCUT2D eigenvalue weighted by Crippen LogP contribution is -2.55. The first-order valence-electron chi connectivity index (χ1n) is 7.46. The van der Waals surface area contributed by atoms with Crippen LogP contribution >= 0.6 is 11.8 Å². The molecule has 1 fully saturated rings. The number of hydrogen-bond donors (Lipinski definition) is 1. The number of nitrogens with zero attached hydrogens (tertiary/aromatic N) is 3. The Balaban J connectivity index is 2.16. The second kappa shape index (κ2) is 7.13. The van der Waals surface area contributed by atoms with E-state index in [1.807, 2.05) is 13.8 Å². The first kappa shape index (κ1) is 16.8. The third kappa shape index (κ3) is 3.79. The van der Waals surface area contributed by atoms with Gasteiger partial charge in [-0.25, -0.2) is 5.01 Å². The normalized spacial score (nSPS) is 22.8. The van der Waals surface area contributed by atoms with E-state index in [1.165, 1.54) is 9.91 Å². The number of primary amides is 1. The Bertz CT molecular complexity index is 506. The maximum absolute atomic E-state index is 12.6. The fourth-order valence-electron chi connectivity index (χ4n) is 2.49. The number of nitrogens with two attached hydrogens (primary N) is 1. The van der Waals surface area contributed by atoms with Gasteiger partial charge in [-0.2, -0.15) is 16.9 Å². The van der Waals surface area contributed by atoms with E-state index >= 15 is 0 Å². The zero-order valence-corrected chi connectivity index (χ0v) is 13.8. The average molecular weight is 326 g/mol. The monoisotopic (exact) mass is 326 g/mol. The number of rotatable bonds is 4. The Hall–Kier alpha value is -1.57. The SMILES string of the molecule is CC(C)CN1N=C(C(=O)N2CCSCC2C(N)=O)CCC1=O. The van der Waals surface area contributed by atoms with Crippen molar-refractivity contribution in [1.82, 2.24) is 9.91 Å². The molecule has 0 saturated carbocycles. The summed E-state index contributed by atoms with van der Waals surface area (Å²) in [5.41, 5.74) is 5.74. The van der Waals surface area contributed by atoms with Crippen molar-refractivity contribution in [2.75, 3.05) is 24.6 Å². The summed E-state index contributed by atoms with van der Waals surface area (Å²) in [6.45, 7) is 4.95. The predicted octanol–water partition coefficient (Wildman–Crippen LogP) is 0.0501. The number of thioether (sulfide) groups is 1. The lowest BCUT2D eigenvalue weighted by molar-refractivity contribution is -0.135. The minimum atomic E-state index is -0.592. The second-order valence-corrected chi connectivity index (χ2v) is 7.06. The zero-order valence-electron chi connectivity index (χ0n) is 12.9. The second-order valence-electron chi connectivity index (χ2n) is 5.91. The standard InChI is InChI=1S/C14H22N4O3S/c1-9(2)7-18-12(19)4-3-10(16-18)14(21)17-5-6-22-8-11(17)13(15)20/h9,11H,3-8H2,1-2H3,(H2,15,20). The van der Waals surface area contributed by atoms with Gasteiger partial charge in [0, 0.05) is 37.4 Å². The average Bonchev–Trinajstić information content (AvgIpc) is 2.48. The van der Waals surface area contributed by atoms with Crippen LogP contribution in [0.2, 0.25) is 0 Å². The largest absolute Gasteiger partial charge is 0.368 e. The van der Waals surface area contributed by atoms with Gasteiger partial charge >= 0.3 is 0 Å². The molecule has 2 aliphatic rings. The molecule has 1 atom stereocenters. The van der Waals surface area contributed by atoms with E-state index in [1.54, 1.807) is 11.8 Å². The molecule has 0 spiro atoms. The summed E-state index contributed by atoms with van der Waals surface area (Å²) in [4.78, 5) is 37.5. The summed E-state index contributed by atoms with van der Waals surface area (Å²) in [7, 11) is 0. The van der Waals surface area contributed by atoms with E-state index in [2.05, 4.69) is 5.10 Å². The Kier molecular flexibility index (Phi) is 5.44. The van der Waals surface area contributed by atoms with Crippen molar-refractivity contribution in [2.45, 2.75) is 32.7 Å². The third-order valence-corrected chi connectivity index (χ3v) is 4.63. The lowest BCUT2D eigenvalue weighted by Gasteiger charge is -2.34. The first-order chi connectivity index (χ1) is 10.4. The van der Waals surface area contributed by atoms with Gasteiger partial charge in [0.15, 0.2) is 0 Å². The third-order valence-electron chi connectivity index (χ3n) is 3.61. The van der Waals surface area contributed by atoms with Crippen LogP contribution in [-0.2, 0) is 14.4 Å². The van der Waals surface area contributed by atoms with Crippen LogP contribution in [0.1, 0.15) is 26.7 Å². The molecule has 0 aromatic carbocycles. The summed E-state index contributed by atoms with van der Waals surface area (Å²) in [6.07, 6.45) is 0.600. The number of hydrazone groups is 1. The molecule has 0 aromatic rings. The number of amides is 3. The molecular weight excluding hydrogens is 304 g/mol. The maximum Gasteiger partial charge on any atom is 0.270 e. The Morgan fingerprint density at radius 2 is 2.14 bits per heavy atom. The number of carbonyl (C=O) groups is 3. The zero-order chi connectivity index (χ0) is 16.3. The summed E-state index contributed by atoms with van der Waals surface area (Å²) in [5, 5.41) is 5.60. The molecule has 3 amide bonds. The summed E-state index contributed by atoms with van der Waals surface area (Å²) in [6, 6.07) is -0.592. The van der Waals surface area contributed by atoms with Crippen LogP contribution in [0.4, 0.5) is 0 Å². The van der Waals surface area contributed by atoms with Gasteiger partial charge in [-0.05, 0) is 5.92 Å². The predicted molar refractivity (Wildman–Crippen MR) is 85.2 cm³/mol. The van der Waals surface area contributed by atoms with Gasteiger partial charge in [0.1, 0.15) is 11.8 Å². The van der Waals surface area contributed by atoms with E-state index in [-0.39, 0.29) is 24.2 Å². The Morgan fingerprint density at radius 1 is 1.41 bits per heavy atom. The molecule has 2 rings (SSSR count). The highest BCUT2D eigenvalue weighted by atomic mass is 32.2. The van der Waals surface area contributed by atoms with Crippen LogP contribution in [0.3, 0.4) is 0 Å². The van der Waals surface area contributed by atoms with Crippen molar-refractivity contribution in [1.29, 1.82) is 0 Å². The van der Waals surface area contributed by atoms with E-state index in [9.17, 15) is 14.4 Å². The van der Waals surface area contributed by atoms with E-state index in [4.69, 9.17) is 5.73 Å². The summed E-state index contributed by atoms with van der Waals surface area (Å²) >= 11 is 1.61. The van der Waals surface area contributed by atoms with Crippen LogP contribution in [0.5, 0.6) is 0 Å². The molecule has 8 heteroatoms. The van der Waals surface area contributed by atoms with Crippen molar-refractivity contribution in [3.05, 3.63) is 0 Å². The highest BCUT2D eigenvalue weighted by molar-refractivity contribution is 7.99. The van der Waals surface area contributed by atoms with Crippen LogP contribution in [0.25, 0.3) is 0 Å². The Morgan fingerprint density at radius 3 is 2.77 bits per heavy atom. The highest BCUT2D eigenvalue weighted by Gasteiger charge is 2.35. The maximum atomic E-state index is 12.6. The van der Waals surface area contributed by atoms with Gasteiger partial charge < -0.3 is 10.6 Å². The van der Waals surface area contributed by atoms with Gasteiger partial charge in [0.25, 0.3) is 5.91 Å². The molecule has 2 heterocycles. The highest BCUT2D eigenvalue weighted by Crippen LogP contribution is 2.19. The molecule has 1 saturated heterocycles. The Labute approximate surface area is 134 Å². The van der Waals surface area contributed by atoms with Crippen molar-refractivity contribution in [2.24, 2.45) is 16.8 Å². The van der Waals surface area contributed by atoms with Gasteiger partial charge in [0.2, 0.25) is 11.8 Å². The molecular formula is C14H22N4O3S. The molecule has 2 aliphatic heterocycles. The van der Waals surface area contributed by atoms with E-state index < -0.39 is 11.9 Å². The van der Waals surface area contributed by atoms with E-state index in [0.717, 1.165) is 5.75 Å². The fraction of sp³-hybridized carbons (Fsp3) is 0.714. The first-order valence-corrected chi connectivity index (χ1v) is 8.61. The minimum absolute atomic E-state index is 0.0640. The van der Waals surface area contributed by atoms with Crippen molar-refractivity contribution < 1.29 is 14.4 Å². The van der Waals surface area contributed by atoms with Gasteiger partial charge in [0.05, 0.1) is 0 Å². The fourth-order valence-corrected chi connectivity index (χ4v) is 3.55. The molecule has 22 heavy (non-hydrogen) atoms. The molecule has 0 aliphatic carbocycles. The van der Waals surface area contributed by atoms with Crippen LogP contribution in [0.15, 0.2) is 5.10 Å². The topological polar surface area (TPSA) is 96.1 Å². The molecule has 0 aromatic heterocycles. The molecule has 0 bridgehead atoms. The van der Waals surface area contributed by atoms with E-state index in [0.29, 0.717) is 31.0 Å². The van der Waals surface area contributed by atoms with Crippen LogP contribution < -0.4 is 5.73 Å². The molecule has 1 unspecified atom stereocenters. The van der Waals surface area contributed by atoms with Crippen molar-refractivity contribution in [3.63, 3.8) is 0 Å². The summed E-state index contributed by atoms with van der Waals surface area (Å²) in [5.74, 6) is 0.732. The minimum Gasteiger partial charge on any atom is -0.368 e. The van der Waals surface area contributed by atoms with Gasteiger partial charge in [-0.1, -0.05) is 13.8 Å². The van der Waals surface area contributed by atoms with Gasteiger partial charge in [-0.15, -0.1) is 0 Å². The quantitative estimate of drug-likeness (QED) is 0.789. The van der Waals surface area contributed by atoms with Crippen molar-refractivity contribution >= 4 is 35.2 Å². The van der Waals surface area contributed by atoms with Crippen molar-refractivity contribution in [3.8, 4) is 0 Å². The number of carbonyl (C=O) groups excluding carboxylic acids is 3. The summed E-state index contributed by atoms with van der Waals surface area (Å²) < 4.78 is 0. The molecule has 0 radical (unpaired) electrons. The lowest BCUT2D eigenvalue weighted by atomic mass is 10.1. The molecule has 2 N–H and O–H groups in total. The smallest absolute Gasteiger partial charge is 0.270 e.